The summed E-state index contributed by atoms with van der Waals surface area (Å²) in [5, 5.41) is 4.07. The summed E-state index contributed by atoms with van der Waals surface area (Å²) in [7, 11) is 0. The van der Waals surface area contributed by atoms with Crippen LogP contribution in [0.15, 0.2) is 48.1 Å². The number of carbonyl (C=O) groups is 1. The molecule has 28 heavy (non-hydrogen) atoms. The van der Waals surface area contributed by atoms with Gasteiger partial charge in [0.1, 0.15) is 6.29 Å². The van der Waals surface area contributed by atoms with Crippen LogP contribution in [0.1, 0.15) is 37.7 Å². The Kier molecular flexibility index (Phi) is 6.55. The molecule has 150 valence electrons. The molecule has 1 N–H and O–H groups in total. The fourth-order valence-electron chi connectivity index (χ4n) is 4.32. The smallest absolute Gasteiger partial charge is 0.145 e. The van der Waals surface area contributed by atoms with E-state index >= 15 is 0 Å². The summed E-state index contributed by atoms with van der Waals surface area (Å²) < 4.78 is 2.39. The number of hydrogen-bond acceptors (Lipinski definition) is 5. The van der Waals surface area contributed by atoms with Crippen LogP contribution in [0, 0.1) is 0 Å². The SMILES string of the molecule is CC1CN(c2ccc(C3C=CC(SN4CC=C(C=O)CC4)CC3)cc2)CCN1. The van der Waals surface area contributed by atoms with Gasteiger partial charge in [-0.2, -0.15) is 0 Å². The second-order valence-corrected chi connectivity index (χ2v) is 9.47. The van der Waals surface area contributed by atoms with Gasteiger partial charge in [0.2, 0.25) is 0 Å². The minimum absolute atomic E-state index is 0.538. The zero-order valence-electron chi connectivity index (χ0n) is 16.7. The van der Waals surface area contributed by atoms with Gasteiger partial charge in [-0.1, -0.05) is 42.3 Å². The third-order valence-electron chi connectivity index (χ3n) is 6.02. The van der Waals surface area contributed by atoms with Gasteiger partial charge in [-0.05, 0) is 49.5 Å². The second kappa shape index (κ2) is 9.29. The number of aldehydes is 1. The van der Waals surface area contributed by atoms with Crippen molar-refractivity contribution in [1.82, 2.24) is 9.62 Å². The average Bonchev–Trinajstić information content (AvgIpc) is 2.75. The molecule has 4 rings (SSSR count). The van der Waals surface area contributed by atoms with E-state index in [0.717, 1.165) is 51.0 Å². The van der Waals surface area contributed by atoms with Crippen LogP contribution in [-0.2, 0) is 4.79 Å². The molecular weight excluding hydrogens is 366 g/mol. The summed E-state index contributed by atoms with van der Waals surface area (Å²) in [6.45, 7) is 7.36. The van der Waals surface area contributed by atoms with Gasteiger partial charge in [-0.3, -0.25) is 4.79 Å². The number of nitrogens with one attached hydrogen (secondary N) is 1. The van der Waals surface area contributed by atoms with Gasteiger partial charge in [0, 0.05) is 55.6 Å². The molecule has 0 bridgehead atoms. The van der Waals surface area contributed by atoms with E-state index in [0.29, 0.717) is 17.2 Å². The molecule has 0 radical (unpaired) electrons. The van der Waals surface area contributed by atoms with Gasteiger partial charge in [-0.25, -0.2) is 4.31 Å². The summed E-state index contributed by atoms with van der Waals surface area (Å²) in [4.78, 5) is 13.3. The van der Waals surface area contributed by atoms with E-state index in [1.54, 1.807) is 0 Å². The Morgan fingerprint density at radius 3 is 2.64 bits per heavy atom. The minimum atomic E-state index is 0.538. The van der Waals surface area contributed by atoms with Crippen molar-refractivity contribution in [3.63, 3.8) is 0 Å². The number of allylic oxidation sites excluding steroid dienone is 1. The Morgan fingerprint density at radius 2 is 2.00 bits per heavy atom. The number of rotatable bonds is 5. The van der Waals surface area contributed by atoms with Crippen molar-refractivity contribution in [2.45, 2.75) is 43.4 Å². The predicted molar refractivity (Wildman–Crippen MR) is 119 cm³/mol. The number of anilines is 1. The summed E-state index contributed by atoms with van der Waals surface area (Å²) in [6, 6.07) is 9.80. The van der Waals surface area contributed by atoms with E-state index in [4.69, 9.17) is 0 Å². The van der Waals surface area contributed by atoms with E-state index in [2.05, 4.69) is 63.9 Å². The number of piperazine rings is 1. The molecule has 0 spiro atoms. The van der Waals surface area contributed by atoms with Gasteiger partial charge >= 0.3 is 0 Å². The molecule has 2 heterocycles. The largest absolute Gasteiger partial charge is 0.369 e. The lowest BCUT2D eigenvalue weighted by Crippen LogP contribution is -2.49. The first-order valence-electron chi connectivity index (χ1n) is 10.5. The van der Waals surface area contributed by atoms with E-state index in [1.165, 1.54) is 24.1 Å². The maximum atomic E-state index is 10.8. The van der Waals surface area contributed by atoms with Gasteiger partial charge in [0.05, 0.1) is 0 Å². The third kappa shape index (κ3) is 4.88. The lowest BCUT2D eigenvalue weighted by molar-refractivity contribution is -0.105. The molecule has 0 amide bonds. The van der Waals surface area contributed by atoms with Crippen LogP contribution in [-0.4, -0.2) is 54.6 Å². The quantitative estimate of drug-likeness (QED) is 0.465. The first-order valence-corrected chi connectivity index (χ1v) is 11.4. The van der Waals surface area contributed by atoms with Crippen molar-refractivity contribution < 1.29 is 4.79 Å². The van der Waals surface area contributed by atoms with E-state index in [-0.39, 0.29) is 0 Å². The molecule has 3 atom stereocenters. The molecule has 1 aromatic carbocycles. The molecule has 0 aromatic heterocycles. The second-order valence-electron chi connectivity index (χ2n) is 8.14. The van der Waals surface area contributed by atoms with Crippen LogP contribution in [0.2, 0.25) is 0 Å². The van der Waals surface area contributed by atoms with Crippen molar-refractivity contribution in [1.29, 1.82) is 0 Å². The first-order chi connectivity index (χ1) is 13.7. The molecular formula is C23H31N3OS. The Morgan fingerprint density at radius 1 is 1.14 bits per heavy atom. The molecule has 0 saturated carbocycles. The van der Waals surface area contributed by atoms with Gasteiger partial charge in [0.15, 0.2) is 0 Å². The Balaban J connectivity index is 1.31. The van der Waals surface area contributed by atoms with Crippen LogP contribution in [0.5, 0.6) is 0 Å². The van der Waals surface area contributed by atoms with Crippen LogP contribution in [0.3, 0.4) is 0 Å². The Labute approximate surface area is 173 Å². The normalized spacial score (nSPS) is 28.8. The lowest BCUT2D eigenvalue weighted by atomic mass is 9.89. The number of hydrogen-bond donors (Lipinski definition) is 1. The van der Waals surface area contributed by atoms with Crippen LogP contribution >= 0.6 is 11.9 Å². The average molecular weight is 398 g/mol. The zero-order valence-corrected chi connectivity index (χ0v) is 17.5. The molecule has 4 nitrogen and oxygen atoms in total. The van der Waals surface area contributed by atoms with E-state index < -0.39 is 0 Å². The highest BCUT2D eigenvalue weighted by Gasteiger charge is 2.22. The van der Waals surface area contributed by atoms with Crippen molar-refractivity contribution >= 4 is 23.9 Å². The molecule has 1 fully saturated rings. The van der Waals surface area contributed by atoms with Crippen LogP contribution in [0.25, 0.3) is 0 Å². The van der Waals surface area contributed by atoms with Crippen molar-refractivity contribution in [2.75, 3.05) is 37.6 Å². The van der Waals surface area contributed by atoms with Gasteiger partial charge < -0.3 is 10.2 Å². The van der Waals surface area contributed by atoms with Crippen LogP contribution in [0.4, 0.5) is 5.69 Å². The van der Waals surface area contributed by atoms with Crippen molar-refractivity contribution in [2.24, 2.45) is 0 Å². The van der Waals surface area contributed by atoms with E-state index in [9.17, 15) is 4.79 Å². The molecule has 3 unspecified atom stereocenters. The predicted octanol–water partition coefficient (Wildman–Crippen LogP) is 3.77. The molecule has 2 aliphatic heterocycles. The van der Waals surface area contributed by atoms with Crippen molar-refractivity contribution in [3.05, 3.63) is 53.6 Å². The molecule has 3 aliphatic rings. The van der Waals surface area contributed by atoms with Crippen LogP contribution < -0.4 is 10.2 Å². The number of nitrogens with zero attached hydrogens (tertiary/aromatic N) is 2. The fraction of sp³-hybridized carbons (Fsp3) is 0.522. The molecule has 5 heteroatoms. The Bertz CT molecular complexity index is 730. The van der Waals surface area contributed by atoms with Gasteiger partial charge in [0.25, 0.3) is 0 Å². The standard InChI is InChI=1S/C23H31N3OS/c1-18-16-25(15-12-24-18)22-6-2-20(3-7-22)21-4-8-23(9-5-21)28-26-13-10-19(17-27)11-14-26/h2-4,6-8,10,17-18,21,23-24H,5,9,11-16H2,1H3. The summed E-state index contributed by atoms with van der Waals surface area (Å²) in [6.07, 6.45) is 11.2. The maximum absolute atomic E-state index is 10.8. The summed E-state index contributed by atoms with van der Waals surface area (Å²) in [5.41, 5.74) is 3.73. The third-order valence-corrected chi connectivity index (χ3v) is 7.31. The van der Waals surface area contributed by atoms with Crippen molar-refractivity contribution in [3.8, 4) is 0 Å². The highest BCUT2D eigenvalue weighted by molar-refractivity contribution is 7.97. The fourth-order valence-corrected chi connectivity index (χ4v) is 5.46. The Hall–Kier alpha value is -1.56. The first kappa shape index (κ1) is 19.7. The highest BCUT2D eigenvalue weighted by atomic mass is 32.2. The summed E-state index contributed by atoms with van der Waals surface area (Å²) in [5.74, 6) is 0.538. The monoisotopic (exact) mass is 397 g/mol. The lowest BCUT2D eigenvalue weighted by Gasteiger charge is -2.34. The summed E-state index contributed by atoms with van der Waals surface area (Å²) >= 11 is 1.95. The van der Waals surface area contributed by atoms with Gasteiger partial charge in [-0.15, -0.1) is 0 Å². The topological polar surface area (TPSA) is 35.6 Å². The maximum Gasteiger partial charge on any atom is 0.145 e. The minimum Gasteiger partial charge on any atom is -0.369 e. The molecule has 1 aliphatic carbocycles. The molecule has 1 saturated heterocycles. The number of benzene rings is 1. The molecule has 1 aromatic rings. The highest BCUT2D eigenvalue weighted by Crippen LogP contribution is 2.35. The van der Waals surface area contributed by atoms with E-state index in [1.807, 2.05) is 11.9 Å². The zero-order chi connectivity index (χ0) is 19.3. The number of carbonyl (C=O) groups excluding carboxylic acids is 1.